The van der Waals surface area contributed by atoms with Gasteiger partial charge in [0.1, 0.15) is 0 Å². The van der Waals surface area contributed by atoms with E-state index in [-0.39, 0.29) is 5.41 Å². The minimum absolute atomic E-state index is 0.246. The normalized spacial score (nSPS) is 12.7. The predicted octanol–water partition coefficient (Wildman–Crippen LogP) is 16.7. The quantitative estimate of drug-likeness (QED) is 0.156. The standard InChI is InChI=1S/C61H44N2/c1-61(2)57-39-47(62(45-23-10-5-11-24-45)46-30-33-50(42-19-8-4-9-20-42)55(38-46)51-27-16-22-43-21-12-13-25-49(43)51)31-34-52(57)53-35-32-48(40-58(53)61)63-59-28-15-14-26-54(59)56-37-44(29-36-60(56)63)41-17-6-3-7-18-41/h3-40H,1-2H3. The highest BCUT2D eigenvalue weighted by atomic mass is 15.1. The van der Waals surface area contributed by atoms with Crippen molar-refractivity contribution in [3.8, 4) is 50.2 Å². The Kier molecular flexibility index (Phi) is 8.55. The Labute approximate surface area is 368 Å². The van der Waals surface area contributed by atoms with Crippen molar-refractivity contribution in [1.29, 1.82) is 0 Å². The molecule has 1 aromatic heterocycles. The molecule has 0 atom stereocenters. The smallest absolute Gasteiger partial charge is 0.0541 e. The summed E-state index contributed by atoms with van der Waals surface area (Å²) in [6.07, 6.45) is 0. The van der Waals surface area contributed by atoms with E-state index in [0.717, 1.165) is 17.1 Å². The Bertz CT molecular complexity index is 3520. The van der Waals surface area contributed by atoms with Crippen LogP contribution in [0.3, 0.4) is 0 Å². The van der Waals surface area contributed by atoms with Gasteiger partial charge in [0.05, 0.1) is 11.0 Å². The summed E-state index contributed by atoms with van der Waals surface area (Å²) in [6.45, 7) is 4.78. The van der Waals surface area contributed by atoms with Crippen LogP contribution in [0, 0.1) is 0 Å². The Morgan fingerprint density at radius 2 is 0.921 bits per heavy atom. The molecule has 0 saturated heterocycles. The lowest BCUT2D eigenvalue weighted by molar-refractivity contribution is 0.660. The van der Waals surface area contributed by atoms with Crippen LogP contribution in [0.25, 0.3) is 82.8 Å². The van der Waals surface area contributed by atoms with Gasteiger partial charge in [0, 0.05) is 38.9 Å². The van der Waals surface area contributed by atoms with Crippen LogP contribution in [0.15, 0.2) is 231 Å². The highest BCUT2D eigenvalue weighted by Gasteiger charge is 2.36. The third-order valence-corrected chi connectivity index (χ3v) is 13.4. The summed E-state index contributed by atoms with van der Waals surface area (Å²) in [5, 5.41) is 5.01. The summed E-state index contributed by atoms with van der Waals surface area (Å²) in [5.74, 6) is 0. The molecule has 0 bridgehead atoms. The van der Waals surface area contributed by atoms with E-state index in [0.29, 0.717) is 0 Å². The number of fused-ring (bicyclic) bond motifs is 7. The second-order valence-electron chi connectivity index (χ2n) is 17.3. The van der Waals surface area contributed by atoms with E-state index in [1.807, 2.05) is 0 Å². The molecule has 2 nitrogen and oxygen atoms in total. The third-order valence-electron chi connectivity index (χ3n) is 13.4. The molecule has 0 spiro atoms. The first-order valence-corrected chi connectivity index (χ1v) is 21.9. The molecule has 0 N–H and O–H groups in total. The number of anilines is 3. The van der Waals surface area contributed by atoms with E-state index in [4.69, 9.17) is 0 Å². The van der Waals surface area contributed by atoms with Crippen LogP contribution in [0.4, 0.5) is 17.1 Å². The molecule has 0 saturated carbocycles. The number of nitrogens with zero attached hydrogens (tertiary/aromatic N) is 2. The molecule has 298 valence electrons. The fourth-order valence-electron chi connectivity index (χ4n) is 10.3. The third kappa shape index (κ3) is 6.02. The topological polar surface area (TPSA) is 8.17 Å². The SMILES string of the molecule is CC1(C)c2cc(N(c3ccccc3)c3ccc(-c4ccccc4)c(-c4cccc5ccccc45)c3)ccc2-c2ccc(-n3c4ccccc4c4cc(-c5ccccc5)ccc43)cc21. The lowest BCUT2D eigenvalue weighted by atomic mass is 9.82. The van der Waals surface area contributed by atoms with Crippen molar-refractivity contribution in [3.05, 3.63) is 242 Å². The first kappa shape index (κ1) is 36.9. The highest BCUT2D eigenvalue weighted by Crippen LogP contribution is 2.52. The Balaban J connectivity index is 0.988. The Hall–Kier alpha value is -7.94. The molecule has 0 radical (unpaired) electrons. The zero-order chi connectivity index (χ0) is 42.1. The predicted molar refractivity (Wildman–Crippen MR) is 267 cm³/mol. The molecule has 0 amide bonds. The van der Waals surface area contributed by atoms with Gasteiger partial charge in [0.15, 0.2) is 0 Å². The van der Waals surface area contributed by atoms with Gasteiger partial charge < -0.3 is 9.47 Å². The first-order chi connectivity index (χ1) is 31.0. The fourth-order valence-corrected chi connectivity index (χ4v) is 10.3. The largest absolute Gasteiger partial charge is 0.310 e. The molecular formula is C61H44N2. The van der Waals surface area contributed by atoms with Crippen LogP contribution < -0.4 is 4.90 Å². The molecule has 12 rings (SSSR count). The molecule has 1 aliphatic rings. The van der Waals surface area contributed by atoms with Crippen LogP contribution in [-0.4, -0.2) is 4.57 Å². The molecule has 0 fully saturated rings. The van der Waals surface area contributed by atoms with Crippen LogP contribution in [0.1, 0.15) is 25.0 Å². The van der Waals surface area contributed by atoms with Crippen molar-refractivity contribution in [2.45, 2.75) is 19.3 Å². The number of benzene rings is 10. The van der Waals surface area contributed by atoms with Crippen LogP contribution in [0.2, 0.25) is 0 Å². The lowest BCUT2D eigenvalue weighted by Gasteiger charge is -2.29. The minimum Gasteiger partial charge on any atom is -0.310 e. The number of para-hydroxylation sites is 2. The van der Waals surface area contributed by atoms with E-state index in [2.05, 4.69) is 254 Å². The maximum absolute atomic E-state index is 2.45. The van der Waals surface area contributed by atoms with E-state index < -0.39 is 0 Å². The molecule has 0 aliphatic heterocycles. The van der Waals surface area contributed by atoms with Gasteiger partial charge in [-0.25, -0.2) is 0 Å². The molecular weight excluding hydrogens is 761 g/mol. The summed E-state index contributed by atoms with van der Waals surface area (Å²) in [7, 11) is 0. The monoisotopic (exact) mass is 804 g/mol. The summed E-state index contributed by atoms with van der Waals surface area (Å²) >= 11 is 0. The highest BCUT2D eigenvalue weighted by molar-refractivity contribution is 6.10. The molecule has 1 heterocycles. The van der Waals surface area contributed by atoms with Gasteiger partial charge in [-0.1, -0.05) is 178 Å². The molecule has 2 heteroatoms. The second kappa shape index (κ2) is 14.6. The fraction of sp³-hybridized carbons (Fsp3) is 0.0492. The molecule has 0 unspecified atom stereocenters. The van der Waals surface area contributed by atoms with Crippen LogP contribution in [-0.2, 0) is 5.41 Å². The lowest BCUT2D eigenvalue weighted by Crippen LogP contribution is -2.17. The summed E-state index contributed by atoms with van der Waals surface area (Å²) < 4.78 is 2.45. The van der Waals surface area contributed by atoms with Gasteiger partial charge in [-0.05, 0) is 133 Å². The zero-order valence-electron chi connectivity index (χ0n) is 35.3. The van der Waals surface area contributed by atoms with Crippen LogP contribution >= 0.6 is 0 Å². The Morgan fingerprint density at radius 1 is 0.333 bits per heavy atom. The van der Waals surface area contributed by atoms with Crippen molar-refractivity contribution in [3.63, 3.8) is 0 Å². The number of aromatic nitrogens is 1. The van der Waals surface area contributed by atoms with Crippen molar-refractivity contribution >= 4 is 49.6 Å². The van der Waals surface area contributed by atoms with Crippen molar-refractivity contribution in [1.82, 2.24) is 4.57 Å². The van der Waals surface area contributed by atoms with Crippen molar-refractivity contribution < 1.29 is 0 Å². The van der Waals surface area contributed by atoms with Crippen LogP contribution in [0.5, 0.6) is 0 Å². The van der Waals surface area contributed by atoms with E-state index in [1.54, 1.807) is 0 Å². The summed E-state index contributed by atoms with van der Waals surface area (Å²) in [4.78, 5) is 2.43. The van der Waals surface area contributed by atoms with Crippen molar-refractivity contribution in [2.24, 2.45) is 0 Å². The van der Waals surface area contributed by atoms with Gasteiger partial charge in [-0.2, -0.15) is 0 Å². The summed E-state index contributed by atoms with van der Waals surface area (Å²) in [5.41, 5.74) is 19.3. The first-order valence-electron chi connectivity index (χ1n) is 21.9. The Morgan fingerprint density at radius 3 is 1.70 bits per heavy atom. The van der Waals surface area contributed by atoms with Crippen molar-refractivity contribution in [2.75, 3.05) is 4.90 Å². The molecule has 1 aliphatic carbocycles. The molecule has 10 aromatic carbocycles. The maximum Gasteiger partial charge on any atom is 0.0541 e. The number of rotatable bonds is 7. The number of hydrogen-bond acceptors (Lipinski definition) is 1. The van der Waals surface area contributed by atoms with E-state index in [9.17, 15) is 0 Å². The average molecular weight is 805 g/mol. The van der Waals surface area contributed by atoms with E-state index in [1.165, 1.54) is 93.9 Å². The van der Waals surface area contributed by atoms with Gasteiger partial charge in [-0.3, -0.25) is 0 Å². The van der Waals surface area contributed by atoms with Gasteiger partial charge in [0.25, 0.3) is 0 Å². The molecule has 63 heavy (non-hydrogen) atoms. The maximum atomic E-state index is 2.45. The average Bonchev–Trinajstić information content (AvgIpc) is 3.79. The number of hydrogen-bond donors (Lipinski definition) is 0. The van der Waals surface area contributed by atoms with Gasteiger partial charge >= 0.3 is 0 Å². The van der Waals surface area contributed by atoms with E-state index >= 15 is 0 Å². The zero-order valence-corrected chi connectivity index (χ0v) is 35.3. The summed E-state index contributed by atoms with van der Waals surface area (Å²) in [6, 6.07) is 84.6. The molecule has 11 aromatic rings. The minimum atomic E-state index is -0.246. The second-order valence-corrected chi connectivity index (χ2v) is 17.3. The van der Waals surface area contributed by atoms with Gasteiger partial charge in [-0.15, -0.1) is 0 Å². The van der Waals surface area contributed by atoms with Gasteiger partial charge in [0.2, 0.25) is 0 Å².